The lowest BCUT2D eigenvalue weighted by Gasteiger charge is -2.14. The van der Waals surface area contributed by atoms with Crippen molar-refractivity contribution in [3.05, 3.63) is 53.9 Å². The molecule has 1 aliphatic heterocycles. The number of aliphatic hydroxyl groups excluding tert-OH is 1. The molecule has 3 rings (SSSR count). The zero-order valence-corrected chi connectivity index (χ0v) is 13.9. The van der Waals surface area contributed by atoms with E-state index in [0.29, 0.717) is 17.0 Å². The predicted molar refractivity (Wildman–Crippen MR) is 91.0 cm³/mol. The molecule has 0 saturated heterocycles. The van der Waals surface area contributed by atoms with Crippen LogP contribution >= 0.6 is 0 Å². The molecule has 8 heteroatoms. The Kier molecular flexibility index (Phi) is 4.85. The Morgan fingerprint density at radius 1 is 1.23 bits per heavy atom. The number of nitrogens with zero attached hydrogens (tertiary/aromatic N) is 1. The summed E-state index contributed by atoms with van der Waals surface area (Å²) in [6.45, 7) is -0.375. The molecule has 0 saturated carbocycles. The SMILES string of the molecule is COC(=O)c1ccc(-c2ccccc2NC2=CC(=O)N(CCO)C2=O)o1. The van der Waals surface area contributed by atoms with Crippen molar-refractivity contribution in [2.24, 2.45) is 0 Å². The maximum atomic E-state index is 12.3. The number of imide groups is 1. The molecule has 8 nitrogen and oxygen atoms in total. The van der Waals surface area contributed by atoms with E-state index in [1.54, 1.807) is 30.3 Å². The molecule has 1 aromatic heterocycles. The fourth-order valence-corrected chi connectivity index (χ4v) is 2.55. The third kappa shape index (κ3) is 3.22. The van der Waals surface area contributed by atoms with E-state index in [-0.39, 0.29) is 24.6 Å². The van der Waals surface area contributed by atoms with Gasteiger partial charge in [-0.25, -0.2) is 4.79 Å². The summed E-state index contributed by atoms with van der Waals surface area (Å²) in [6, 6.07) is 10.1. The zero-order valence-electron chi connectivity index (χ0n) is 13.9. The van der Waals surface area contributed by atoms with Crippen LogP contribution in [0.5, 0.6) is 0 Å². The average molecular weight is 356 g/mol. The number of amides is 2. The second-order valence-electron chi connectivity index (χ2n) is 5.40. The Morgan fingerprint density at radius 2 is 2.00 bits per heavy atom. The molecule has 0 atom stereocenters. The van der Waals surface area contributed by atoms with Gasteiger partial charge in [-0.2, -0.15) is 0 Å². The highest BCUT2D eigenvalue weighted by Crippen LogP contribution is 2.31. The number of methoxy groups -OCH3 is 1. The van der Waals surface area contributed by atoms with E-state index in [1.165, 1.54) is 19.3 Å². The number of esters is 1. The molecule has 0 radical (unpaired) electrons. The summed E-state index contributed by atoms with van der Waals surface area (Å²) < 4.78 is 10.1. The van der Waals surface area contributed by atoms with Crippen molar-refractivity contribution in [3.63, 3.8) is 0 Å². The summed E-state index contributed by atoms with van der Waals surface area (Å²) in [5.74, 6) is -1.15. The van der Waals surface area contributed by atoms with Gasteiger partial charge in [-0.3, -0.25) is 14.5 Å². The van der Waals surface area contributed by atoms with Gasteiger partial charge >= 0.3 is 5.97 Å². The Morgan fingerprint density at radius 3 is 2.73 bits per heavy atom. The molecular weight excluding hydrogens is 340 g/mol. The van der Waals surface area contributed by atoms with Crippen molar-refractivity contribution in [1.82, 2.24) is 4.90 Å². The van der Waals surface area contributed by atoms with Crippen molar-refractivity contribution < 1.29 is 28.6 Å². The molecule has 0 unspecified atom stereocenters. The van der Waals surface area contributed by atoms with Gasteiger partial charge in [0.15, 0.2) is 0 Å². The van der Waals surface area contributed by atoms with Crippen molar-refractivity contribution in [3.8, 4) is 11.3 Å². The van der Waals surface area contributed by atoms with Gasteiger partial charge in [0.05, 0.1) is 20.3 Å². The first-order valence-electron chi connectivity index (χ1n) is 7.78. The molecule has 1 aliphatic rings. The minimum atomic E-state index is -0.597. The summed E-state index contributed by atoms with van der Waals surface area (Å²) in [5.41, 5.74) is 1.22. The summed E-state index contributed by atoms with van der Waals surface area (Å²) >= 11 is 0. The number of benzene rings is 1. The fourth-order valence-electron chi connectivity index (χ4n) is 2.55. The first-order valence-corrected chi connectivity index (χ1v) is 7.78. The molecule has 0 fully saturated rings. The van der Waals surface area contributed by atoms with E-state index in [2.05, 4.69) is 10.1 Å². The number of nitrogens with one attached hydrogen (secondary N) is 1. The third-order valence-corrected chi connectivity index (χ3v) is 3.79. The molecule has 2 heterocycles. The summed E-state index contributed by atoms with van der Waals surface area (Å²) in [6.07, 6.45) is 1.18. The minimum Gasteiger partial charge on any atom is -0.463 e. The summed E-state index contributed by atoms with van der Waals surface area (Å²) in [5, 5.41) is 11.9. The monoisotopic (exact) mass is 356 g/mol. The Labute approximate surface area is 148 Å². The van der Waals surface area contributed by atoms with Crippen molar-refractivity contribution in [2.75, 3.05) is 25.6 Å². The number of hydrogen-bond donors (Lipinski definition) is 2. The third-order valence-electron chi connectivity index (χ3n) is 3.79. The molecule has 134 valence electrons. The van der Waals surface area contributed by atoms with E-state index >= 15 is 0 Å². The Balaban J connectivity index is 1.88. The van der Waals surface area contributed by atoms with E-state index in [4.69, 9.17) is 9.52 Å². The number of ether oxygens (including phenoxy) is 1. The van der Waals surface area contributed by atoms with Gasteiger partial charge in [-0.1, -0.05) is 12.1 Å². The highest BCUT2D eigenvalue weighted by Gasteiger charge is 2.31. The van der Waals surface area contributed by atoms with Crippen LogP contribution in [0, 0.1) is 0 Å². The Bertz CT molecular complexity index is 899. The first-order chi connectivity index (χ1) is 12.5. The second kappa shape index (κ2) is 7.24. The minimum absolute atomic E-state index is 0.0535. The van der Waals surface area contributed by atoms with E-state index in [9.17, 15) is 14.4 Å². The van der Waals surface area contributed by atoms with Crippen LogP contribution < -0.4 is 5.32 Å². The molecule has 2 aromatic rings. The largest absolute Gasteiger partial charge is 0.463 e. The maximum Gasteiger partial charge on any atom is 0.373 e. The van der Waals surface area contributed by atoms with Gasteiger partial charge in [0, 0.05) is 17.3 Å². The topological polar surface area (TPSA) is 109 Å². The van der Waals surface area contributed by atoms with Crippen LogP contribution in [0.1, 0.15) is 10.6 Å². The van der Waals surface area contributed by atoms with Crippen LogP contribution in [0.3, 0.4) is 0 Å². The van der Waals surface area contributed by atoms with E-state index < -0.39 is 17.8 Å². The highest BCUT2D eigenvalue weighted by atomic mass is 16.5. The zero-order chi connectivity index (χ0) is 18.7. The van der Waals surface area contributed by atoms with Gasteiger partial charge in [0.1, 0.15) is 11.5 Å². The number of β-amino-alcohol motifs (C(OH)–C–C–N with tert-alkyl or cyclic N) is 1. The van der Waals surface area contributed by atoms with Crippen LogP contribution in [-0.4, -0.2) is 48.1 Å². The smallest absolute Gasteiger partial charge is 0.373 e. The summed E-state index contributed by atoms with van der Waals surface area (Å²) in [7, 11) is 1.26. The highest BCUT2D eigenvalue weighted by molar-refractivity contribution is 6.17. The van der Waals surface area contributed by atoms with Crippen LogP contribution in [-0.2, 0) is 14.3 Å². The number of anilines is 1. The van der Waals surface area contributed by atoms with Gasteiger partial charge in [0.25, 0.3) is 11.8 Å². The maximum absolute atomic E-state index is 12.3. The van der Waals surface area contributed by atoms with Gasteiger partial charge in [-0.05, 0) is 24.3 Å². The number of hydrogen-bond acceptors (Lipinski definition) is 7. The molecule has 2 N–H and O–H groups in total. The standard InChI is InChI=1S/C18H16N2O6/c1-25-18(24)15-7-6-14(26-15)11-4-2-3-5-12(11)19-13-10-16(22)20(8-9-21)17(13)23/h2-7,10,19,21H,8-9H2,1H3. The molecule has 0 bridgehead atoms. The molecule has 0 aliphatic carbocycles. The van der Waals surface area contributed by atoms with E-state index in [0.717, 1.165) is 4.90 Å². The summed E-state index contributed by atoms with van der Waals surface area (Å²) in [4.78, 5) is 36.6. The van der Waals surface area contributed by atoms with Crippen molar-refractivity contribution in [1.29, 1.82) is 0 Å². The van der Waals surface area contributed by atoms with Crippen molar-refractivity contribution >= 4 is 23.5 Å². The number of carbonyl (C=O) groups is 3. The van der Waals surface area contributed by atoms with Gasteiger partial charge < -0.3 is 19.6 Å². The first kappa shape index (κ1) is 17.4. The predicted octanol–water partition coefficient (Wildman–Crippen LogP) is 1.39. The van der Waals surface area contributed by atoms with Gasteiger partial charge in [-0.15, -0.1) is 0 Å². The lowest BCUT2D eigenvalue weighted by molar-refractivity contribution is -0.137. The van der Waals surface area contributed by atoms with Crippen LogP contribution in [0.15, 0.2) is 52.6 Å². The average Bonchev–Trinajstić information content (AvgIpc) is 3.23. The normalized spacial score (nSPS) is 13.8. The second-order valence-corrected chi connectivity index (χ2v) is 5.40. The van der Waals surface area contributed by atoms with Crippen LogP contribution in [0.25, 0.3) is 11.3 Å². The van der Waals surface area contributed by atoms with E-state index in [1.807, 2.05) is 0 Å². The number of rotatable bonds is 6. The fraction of sp³-hybridized carbons (Fsp3) is 0.167. The molecule has 1 aromatic carbocycles. The van der Waals surface area contributed by atoms with Crippen LogP contribution in [0.2, 0.25) is 0 Å². The molecule has 26 heavy (non-hydrogen) atoms. The number of furan rings is 1. The number of para-hydroxylation sites is 1. The number of carbonyl (C=O) groups excluding carboxylic acids is 3. The Hall–Kier alpha value is -3.39. The van der Waals surface area contributed by atoms with Crippen molar-refractivity contribution in [2.45, 2.75) is 0 Å². The van der Waals surface area contributed by atoms with Gasteiger partial charge in [0.2, 0.25) is 5.76 Å². The number of aliphatic hydroxyl groups is 1. The van der Waals surface area contributed by atoms with Crippen LogP contribution in [0.4, 0.5) is 5.69 Å². The molecule has 2 amide bonds. The lowest BCUT2D eigenvalue weighted by atomic mass is 10.1. The molecular formula is C18H16N2O6. The quantitative estimate of drug-likeness (QED) is 0.594. The molecule has 0 spiro atoms. The lowest BCUT2D eigenvalue weighted by Crippen LogP contribution is -2.34.